The molecule has 1 amide bonds. The van der Waals surface area contributed by atoms with Crippen LogP contribution < -0.4 is 5.32 Å². The van der Waals surface area contributed by atoms with Crippen LogP contribution >= 0.6 is 0 Å². The largest absolute Gasteiger partial charge is 0.465 e. The number of methoxy groups -OCH3 is 1. The van der Waals surface area contributed by atoms with Gasteiger partial charge in [-0.3, -0.25) is 5.32 Å². The van der Waals surface area contributed by atoms with E-state index in [9.17, 15) is 4.79 Å². The Morgan fingerprint density at radius 1 is 1.19 bits per heavy atom. The highest BCUT2D eigenvalue weighted by Gasteiger charge is 2.12. The summed E-state index contributed by atoms with van der Waals surface area (Å²) in [6, 6.07) is 16.7. The molecule has 0 aromatic heterocycles. The molecule has 0 spiro atoms. The summed E-state index contributed by atoms with van der Waals surface area (Å²) in [5.74, 6) is 0. The van der Waals surface area contributed by atoms with Crippen LogP contribution in [0.4, 0.5) is 10.5 Å². The molecule has 0 saturated heterocycles. The van der Waals surface area contributed by atoms with E-state index >= 15 is 0 Å². The smallest absolute Gasteiger partial charge is 0.409 e. The first-order chi connectivity index (χ1) is 10.2. The van der Waals surface area contributed by atoms with E-state index in [1.165, 1.54) is 0 Å². The van der Waals surface area contributed by atoms with E-state index < -0.39 is 12.4 Å². The highest BCUT2D eigenvalue weighted by Crippen LogP contribution is 2.22. The minimum absolute atomic E-state index is 0.413. The van der Waals surface area contributed by atoms with Crippen molar-refractivity contribution >= 4 is 11.8 Å². The zero-order chi connectivity index (χ0) is 15.1. The summed E-state index contributed by atoms with van der Waals surface area (Å²) in [7, 11) is 1.55. The summed E-state index contributed by atoms with van der Waals surface area (Å²) in [6.07, 6.45) is -1.66. The molecular weight excluding hydrogens is 270 g/mol. The summed E-state index contributed by atoms with van der Waals surface area (Å²) >= 11 is 0. The molecule has 0 saturated carbocycles. The molecule has 2 N–H and O–H groups in total. The highest BCUT2D eigenvalue weighted by molar-refractivity contribution is 5.82. The maximum absolute atomic E-state index is 10.7. The first-order valence-corrected chi connectivity index (χ1v) is 6.47. The number of hydrogen-bond donors (Lipinski definition) is 2. The summed E-state index contributed by atoms with van der Waals surface area (Å²) in [5, 5.41) is 11.0. The zero-order valence-electron chi connectivity index (χ0n) is 11.7. The van der Waals surface area contributed by atoms with Crippen LogP contribution in [0.15, 0.2) is 54.6 Å². The third-order valence-electron chi connectivity index (χ3n) is 2.87. The predicted octanol–water partition coefficient (Wildman–Crippen LogP) is 3.64. The molecule has 1 unspecified atom stereocenters. The van der Waals surface area contributed by atoms with Gasteiger partial charge in [-0.1, -0.05) is 42.5 Å². The van der Waals surface area contributed by atoms with Crippen molar-refractivity contribution in [3.8, 4) is 0 Å². The van der Waals surface area contributed by atoms with Crippen LogP contribution in [0.3, 0.4) is 0 Å². The monoisotopic (exact) mass is 287 g/mol. The lowest BCUT2D eigenvalue weighted by Gasteiger charge is -2.17. The molecule has 0 aliphatic rings. The maximum Gasteiger partial charge on any atom is 0.409 e. The van der Waals surface area contributed by atoms with Gasteiger partial charge >= 0.3 is 6.09 Å². The minimum atomic E-state index is -1.11. The number of hydrogen-bond acceptors (Lipinski definition) is 3. The quantitative estimate of drug-likeness (QED) is 0.796. The van der Waals surface area contributed by atoms with Gasteiger partial charge in [-0.25, -0.2) is 4.79 Å². The molecule has 0 bridgehead atoms. The van der Waals surface area contributed by atoms with Crippen molar-refractivity contribution in [3.63, 3.8) is 0 Å². The van der Waals surface area contributed by atoms with Gasteiger partial charge in [0.05, 0.1) is 6.61 Å². The van der Waals surface area contributed by atoms with E-state index in [4.69, 9.17) is 14.6 Å². The molecule has 0 radical (unpaired) electrons. The van der Waals surface area contributed by atoms with E-state index in [2.05, 4.69) is 5.32 Å². The highest BCUT2D eigenvalue weighted by atomic mass is 16.7. The third-order valence-corrected chi connectivity index (χ3v) is 2.87. The summed E-state index contributed by atoms with van der Waals surface area (Å²) in [4.78, 5) is 10.7. The van der Waals surface area contributed by atoms with Crippen molar-refractivity contribution in [1.82, 2.24) is 0 Å². The molecular formula is C16H17NO4. The van der Waals surface area contributed by atoms with Crippen LogP contribution in [0, 0.1) is 0 Å². The van der Waals surface area contributed by atoms with E-state index in [1.807, 2.05) is 36.4 Å². The van der Waals surface area contributed by atoms with Gasteiger partial charge in [0.1, 0.15) is 0 Å². The molecule has 5 nitrogen and oxygen atoms in total. The fraction of sp³-hybridized carbons (Fsp3) is 0.188. The molecule has 2 rings (SSSR count). The van der Waals surface area contributed by atoms with Crippen LogP contribution in [-0.2, 0) is 16.1 Å². The molecule has 2 aromatic rings. The standard InChI is InChI=1S/C16H17NO4/c1-20-15(21-11-12-6-3-2-4-7-12)13-8-5-9-14(10-13)17-16(18)19/h2-10,15,17H,11H2,1H3,(H,18,19). The average molecular weight is 287 g/mol. The van der Waals surface area contributed by atoms with Gasteiger partial charge < -0.3 is 14.6 Å². The molecule has 0 fully saturated rings. The van der Waals surface area contributed by atoms with Crippen LogP contribution in [0.5, 0.6) is 0 Å². The van der Waals surface area contributed by atoms with Crippen molar-refractivity contribution in [2.75, 3.05) is 12.4 Å². The molecule has 0 heterocycles. The van der Waals surface area contributed by atoms with Gasteiger partial charge in [-0.05, 0) is 17.7 Å². The number of carbonyl (C=O) groups is 1. The van der Waals surface area contributed by atoms with Crippen LogP contribution in [-0.4, -0.2) is 18.3 Å². The van der Waals surface area contributed by atoms with Crippen molar-refractivity contribution in [1.29, 1.82) is 0 Å². The number of rotatable bonds is 6. The summed E-state index contributed by atoms with van der Waals surface area (Å²) in [5.41, 5.74) is 2.27. The first-order valence-electron chi connectivity index (χ1n) is 6.47. The predicted molar refractivity (Wildman–Crippen MR) is 79.1 cm³/mol. The number of benzene rings is 2. The Hall–Kier alpha value is -2.37. The van der Waals surface area contributed by atoms with Crippen LogP contribution in [0.25, 0.3) is 0 Å². The third kappa shape index (κ3) is 4.59. The Balaban J connectivity index is 2.05. The Morgan fingerprint density at radius 3 is 2.62 bits per heavy atom. The number of amides is 1. The lowest BCUT2D eigenvalue weighted by Crippen LogP contribution is -2.10. The maximum atomic E-state index is 10.7. The van der Waals surface area contributed by atoms with Gasteiger partial charge in [-0.2, -0.15) is 0 Å². The second kappa shape index (κ2) is 7.42. The van der Waals surface area contributed by atoms with Gasteiger partial charge in [0.15, 0.2) is 6.29 Å². The number of carboxylic acid groups (broad SMARTS) is 1. The van der Waals surface area contributed by atoms with Crippen molar-refractivity contribution in [3.05, 3.63) is 65.7 Å². The first kappa shape index (κ1) is 15.0. The van der Waals surface area contributed by atoms with Crippen LogP contribution in [0.1, 0.15) is 17.4 Å². The fourth-order valence-electron chi connectivity index (χ4n) is 1.93. The second-order valence-electron chi connectivity index (χ2n) is 4.42. The average Bonchev–Trinajstić information content (AvgIpc) is 2.49. The van der Waals surface area contributed by atoms with Crippen molar-refractivity contribution < 1.29 is 19.4 Å². The van der Waals surface area contributed by atoms with Crippen molar-refractivity contribution in [2.45, 2.75) is 12.9 Å². The lowest BCUT2D eigenvalue weighted by molar-refractivity contribution is -0.135. The Bertz CT molecular complexity index is 586. The van der Waals surface area contributed by atoms with E-state index in [0.29, 0.717) is 12.3 Å². The Kier molecular flexibility index (Phi) is 5.31. The Morgan fingerprint density at radius 2 is 1.95 bits per heavy atom. The summed E-state index contributed by atoms with van der Waals surface area (Å²) in [6.45, 7) is 0.413. The molecule has 1 atom stereocenters. The number of anilines is 1. The van der Waals surface area contributed by atoms with Crippen molar-refractivity contribution in [2.24, 2.45) is 0 Å². The zero-order valence-corrected chi connectivity index (χ0v) is 11.7. The van der Waals surface area contributed by atoms with Gasteiger partial charge in [0.25, 0.3) is 0 Å². The molecule has 0 aliphatic carbocycles. The van der Waals surface area contributed by atoms with E-state index in [-0.39, 0.29) is 0 Å². The Labute approximate surface area is 123 Å². The topological polar surface area (TPSA) is 67.8 Å². The number of nitrogens with one attached hydrogen (secondary N) is 1. The fourth-order valence-corrected chi connectivity index (χ4v) is 1.93. The molecule has 21 heavy (non-hydrogen) atoms. The lowest BCUT2D eigenvalue weighted by atomic mass is 10.2. The van der Waals surface area contributed by atoms with E-state index in [1.54, 1.807) is 25.3 Å². The molecule has 2 aromatic carbocycles. The molecule has 0 aliphatic heterocycles. The minimum Gasteiger partial charge on any atom is -0.465 e. The second-order valence-corrected chi connectivity index (χ2v) is 4.42. The number of ether oxygens (including phenoxy) is 2. The van der Waals surface area contributed by atoms with Gasteiger partial charge in [0.2, 0.25) is 0 Å². The SMILES string of the molecule is COC(OCc1ccccc1)c1cccc(NC(=O)O)c1. The van der Waals surface area contributed by atoms with Gasteiger partial charge in [0, 0.05) is 18.4 Å². The van der Waals surface area contributed by atoms with E-state index in [0.717, 1.165) is 11.1 Å². The van der Waals surface area contributed by atoms with Gasteiger partial charge in [-0.15, -0.1) is 0 Å². The normalized spacial score (nSPS) is 11.9. The summed E-state index contributed by atoms with van der Waals surface area (Å²) < 4.78 is 11.0. The molecule has 5 heteroatoms. The van der Waals surface area contributed by atoms with Crippen LogP contribution in [0.2, 0.25) is 0 Å². The molecule has 110 valence electrons.